The van der Waals surface area contributed by atoms with Crippen LogP contribution in [0.5, 0.6) is 5.06 Å². The lowest BCUT2D eigenvalue weighted by molar-refractivity contribution is 0.201. The van der Waals surface area contributed by atoms with Crippen LogP contribution in [-0.2, 0) is 13.1 Å². The van der Waals surface area contributed by atoms with E-state index in [1.165, 1.54) is 11.3 Å². The molecular weight excluding hydrogens is 448 g/mol. The Bertz CT molecular complexity index is 1370. The van der Waals surface area contributed by atoms with Gasteiger partial charge in [0.1, 0.15) is 10.7 Å². The molecule has 1 N–H and O–H groups in total. The van der Waals surface area contributed by atoms with Crippen molar-refractivity contribution in [3.05, 3.63) is 102 Å². The summed E-state index contributed by atoms with van der Waals surface area (Å²) in [6.07, 6.45) is 8.82. The fraction of sp³-hybridized carbons (Fsp3) is 0.120. The number of carbonyl (C=O) groups is 1. The van der Waals surface area contributed by atoms with E-state index >= 15 is 0 Å². The second-order valence-corrected chi connectivity index (χ2v) is 8.61. The molecule has 1 aromatic carbocycles. The van der Waals surface area contributed by atoms with E-state index in [0.717, 1.165) is 22.5 Å². The van der Waals surface area contributed by atoms with Gasteiger partial charge in [0.15, 0.2) is 0 Å². The number of amides is 1. The van der Waals surface area contributed by atoms with E-state index in [-0.39, 0.29) is 0 Å². The van der Waals surface area contributed by atoms with Gasteiger partial charge in [-0.15, -0.1) is 0 Å². The summed E-state index contributed by atoms with van der Waals surface area (Å²) in [6, 6.07) is 18.0. The molecule has 0 fully saturated rings. The van der Waals surface area contributed by atoms with Gasteiger partial charge in [0.2, 0.25) is 5.06 Å². The largest absolute Gasteiger partial charge is 0.413 e. The first kappa shape index (κ1) is 21.6. The predicted molar refractivity (Wildman–Crippen MR) is 130 cm³/mol. The number of pyridine rings is 1. The minimum absolute atomic E-state index is 0.341. The number of hydrogen-bond donors (Lipinski definition) is 1. The lowest BCUT2D eigenvalue weighted by Crippen LogP contribution is -2.26. The molecule has 0 atom stereocenters. The molecule has 5 rings (SSSR count). The Morgan fingerprint density at radius 3 is 2.62 bits per heavy atom. The maximum Gasteiger partial charge on any atom is 0.413 e. The third-order valence-electron chi connectivity index (χ3n) is 5.14. The van der Waals surface area contributed by atoms with Crippen LogP contribution in [0.4, 0.5) is 4.79 Å². The Labute approximate surface area is 200 Å². The van der Waals surface area contributed by atoms with Crippen molar-refractivity contribution >= 4 is 17.4 Å². The van der Waals surface area contributed by atoms with Crippen molar-refractivity contribution in [2.75, 3.05) is 0 Å². The number of thiazole rings is 1. The lowest BCUT2D eigenvalue weighted by Gasteiger charge is -2.05. The van der Waals surface area contributed by atoms with Gasteiger partial charge >= 0.3 is 6.09 Å². The minimum Gasteiger partial charge on any atom is -0.397 e. The number of hydrogen-bond acceptors (Lipinski definition) is 6. The highest BCUT2D eigenvalue weighted by Crippen LogP contribution is 2.33. The molecule has 5 aromatic rings. The molecule has 0 bridgehead atoms. The zero-order valence-corrected chi connectivity index (χ0v) is 19.3. The predicted octanol–water partition coefficient (Wildman–Crippen LogP) is 4.84. The summed E-state index contributed by atoms with van der Waals surface area (Å²) < 4.78 is 9.40. The molecule has 4 aromatic heterocycles. The molecule has 0 aliphatic rings. The summed E-state index contributed by atoms with van der Waals surface area (Å²) in [4.78, 5) is 20.8. The fourth-order valence-electron chi connectivity index (χ4n) is 3.41. The Kier molecular flexibility index (Phi) is 6.17. The summed E-state index contributed by atoms with van der Waals surface area (Å²) in [5.74, 6) is 0. The fourth-order valence-corrected chi connectivity index (χ4v) is 4.30. The number of aryl methyl sites for hydroxylation is 1. The van der Waals surface area contributed by atoms with Crippen LogP contribution in [-0.4, -0.2) is 30.4 Å². The van der Waals surface area contributed by atoms with Crippen molar-refractivity contribution < 1.29 is 9.53 Å². The van der Waals surface area contributed by atoms with Gasteiger partial charge in [0, 0.05) is 43.2 Å². The highest BCUT2D eigenvalue weighted by molar-refractivity contribution is 7.17. The molecule has 0 aliphatic carbocycles. The van der Waals surface area contributed by atoms with Gasteiger partial charge in [-0.2, -0.15) is 5.10 Å². The van der Waals surface area contributed by atoms with Crippen molar-refractivity contribution in [1.29, 1.82) is 0 Å². The second kappa shape index (κ2) is 9.72. The van der Waals surface area contributed by atoms with Crippen LogP contribution in [0.1, 0.15) is 16.8 Å². The molecule has 4 heterocycles. The first-order valence-corrected chi connectivity index (χ1v) is 11.5. The van der Waals surface area contributed by atoms with Gasteiger partial charge < -0.3 is 14.6 Å². The third-order valence-corrected chi connectivity index (χ3v) is 6.20. The van der Waals surface area contributed by atoms with Gasteiger partial charge in [0.25, 0.3) is 0 Å². The number of benzene rings is 1. The smallest absolute Gasteiger partial charge is 0.397 e. The van der Waals surface area contributed by atoms with E-state index in [4.69, 9.17) is 4.74 Å². The number of ether oxygens (including phenoxy) is 1. The summed E-state index contributed by atoms with van der Waals surface area (Å²) >= 11 is 1.30. The van der Waals surface area contributed by atoms with Crippen molar-refractivity contribution in [2.24, 2.45) is 0 Å². The van der Waals surface area contributed by atoms with Crippen molar-refractivity contribution in [3.8, 4) is 21.5 Å². The maximum atomic E-state index is 12.2. The molecule has 0 saturated carbocycles. The van der Waals surface area contributed by atoms with Crippen LogP contribution in [0.15, 0.2) is 85.6 Å². The quantitative estimate of drug-likeness (QED) is 0.368. The Balaban J connectivity index is 1.21. The topological polar surface area (TPSA) is 86.9 Å². The normalized spacial score (nSPS) is 10.9. The lowest BCUT2D eigenvalue weighted by atomic mass is 10.2. The van der Waals surface area contributed by atoms with Gasteiger partial charge in [-0.05, 0) is 54.4 Å². The maximum absolute atomic E-state index is 12.2. The monoisotopic (exact) mass is 470 g/mol. The van der Waals surface area contributed by atoms with Gasteiger partial charge in [-0.1, -0.05) is 29.5 Å². The summed E-state index contributed by atoms with van der Waals surface area (Å²) in [7, 11) is 0. The zero-order chi connectivity index (χ0) is 23.3. The molecule has 0 radical (unpaired) electrons. The highest BCUT2D eigenvalue weighted by Gasteiger charge is 2.16. The number of carbonyl (C=O) groups excluding carboxylic acids is 1. The van der Waals surface area contributed by atoms with Crippen LogP contribution < -0.4 is 10.1 Å². The van der Waals surface area contributed by atoms with Crippen LogP contribution >= 0.6 is 11.3 Å². The molecular formula is C25H22N6O2S. The van der Waals surface area contributed by atoms with E-state index < -0.39 is 6.09 Å². The van der Waals surface area contributed by atoms with Crippen molar-refractivity contribution in [2.45, 2.75) is 20.0 Å². The van der Waals surface area contributed by atoms with E-state index in [2.05, 4.69) is 49.2 Å². The van der Waals surface area contributed by atoms with Gasteiger partial charge in [0.05, 0.1) is 12.2 Å². The highest BCUT2D eigenvalue weighted by atomic mass is 32.1. The summed E-state index contributed by atoms with van der Waals surface area (Å²) in [5.41, 5.74) is 4.54. The van der Waals surface area contributed by atoms with Gasteiger partial charge in [-0.25, -0.2) is 9.78 Å². The first-order chi connectivity index (χ1) is 16.6. The minimum atomic E-state index is -0.531. The van der Waals surface area contributed by atoms with E-state index in [9.17, 15) is 4.79 Å². The van der Waals surface area contributed by atoms with Crippen molar-refractivity contribution in [1.82, 2.24) is 29.6 Å². The average molecular weight is 471 g/mol. The van der Waals surface area contributed by atoms with E-state index in [1.54, 1.807) is 12.4 Å². The number of aromatic nitrogens is 5. The standard InChI is InChI=1S/C25H22N6O2S/c1-18-24(33-25(32)27-16-20-5-4-11-26-15-20)34-23(28-18)22-10-14-31(29-22)17-19-6-8-21(9-7-19)30-12-2-3-13-30/h2-15H,16-17H2,1H3,(H,27,32). The number of nitrogens with one attached hydrogen (secondary N) is 1. The number of rotatable bonds is 7. The van der Waals surface area contributed by atoms with Crippen LogP contribution in [0, 0.1) is 6.92 Å². The molecule has 34 heavy (non-hydrogen) atoms. The second-order valence-electron chi connectivity index (χ2n) is 7.65. The van der Waals surface area contributed by atoms with Gasteiger partial charge in [-0.3, -0.25) is 9.67 Å². The SMILES string of the molecule is Cc1nc(-c2ccn(Cc3ccc(-n4cccc4)cc3)n2)sc1OC(=O)NCc1cccnc1. The molecule has 1 amide bonds. The van der Waals surface area contributed by atoms with Crippen molar-refractivity contribution in [3.63, 3.8) is 0 Å². The van der Waals surface area contributed by atoms with Crippen LogP contribution in [0.2, 0.25) is 0 Å². The average Bonchev–Trinajstić information content (AvgIpc) is 3.62. The summed E-state index contributed by atoms with van der Waals surface area (Å²) in [6.45, 7) is 2.80. The molecule has 0 aliphatic heterocycles. The third kappa shape index (κ3) is 5.05. The Morgan fingerprint density at radius 2 is 1.85 bits per heavy atom. The zero-order valence-electron chi connectivity index (χ0n) is 18.5. The molecule has 8 nitrogen and oxygen atoms in total. The molecule has 0 spiro atoms. The van der Waals surface area contributed by atoms with Crippen LogP contribution in [0.25, 0.3) is 16.4 Å². The van der Waals surface area contributed by atoms with Crippen LogP contribution in [0.3, 0.4) is 0 Å². The molecule has 9 heteroatoms. The number of nitrogens with zero attached hydrogens (tertiary/aromatic N) is 5. The molecule has 170 valence electrons. The van der Waals surface area contributed by atoms with E-state index in [0.29, 0.717) is 28.9 Å². The summed E-state index contributed by atoms with van der Waals surface area (Å²) in [5, 5.41) is 8.53. The molecule has 0 unspecified atom stereocenters. The Morgan fingerprint density at radius 1 is 1.03 bits per heavy atom. The molecule has 0 saturated heterocycles. The Hall–Kier alpha value is -4.24. The first-order valence-electron chi connectivity index (χ1n) is 10.7. The van der Waals surface area contributed by atoms with E-state index in [1.807, 2.05) is 60.5 Å².